The topological polar surface area (TPSA) is 86.1 Å². The summed E-state index contributed by atoms with van der Waals surface area (Å²) in [4.78, 5) is 7.68. The third-order valence-corrected chi connectivity index (χ3v) is 16.2. The second-order valence-electron chi connectivity index (χ2n) is 18.2. The Labute approximate surface area is 294 Å². The van der Waals surface area contributed by atoms with Crippen LogP contribution in [0.1, 0.15) is 109 Å². The van der Waals surface area contributed by atoms with Gasteiger partial charge in [-0.2, -0.15) is 0 Å². The molecule has 3 saturated heterocycles. The fraction of sp³-hybridized carbons (Fsp3) is 0.744. The summed E-state index contributed by atoms with van der Waals surface area (Å²) in [6.07, 6.45) is 14.1. The van der Waals surface area contributed by atoms with Crippen molar-refractivity contribution in [3.63, 3.8) is 0 Å². The molecule has 1 unspecified atom stereocenters. The number of fused-ring (bicyclic) bond motifs is 9. The number of nitrogens with zero attached hydrogens (tertiary/aromatic N) is 2. The number of rotatable bonds is 8. The Morgan fingerprint density at radius 3 is 2.57 bits per heavy atom. The molecular weight excluding hydrogens is 608 g/mol. The SMILES string of the molecule is C=C[C@H]1CN2CC[C@H]1C[C@H]2[C@H](O)c1cc(CC[C@@H](C)[C@H]2CC[C@H]3[C@@H]4[C@H](O)C[C@@H]5C[C@H](O)CC[C@]5(C)[C@H]4CC[C@]23C)nc2ccc(OC)cc12. The predicted octanol–water partition coefficient (Wildman–Crippen LogP) is 7.73. The lowest BCUT2D eigenvalue weighted by Gasteiger charge is -2.62. The van der Waals surface area contributed by atoms with E-state index in [1.807, 2.05) is 6.07 Å². The number of pyridine rings is 1. The Kier molecular flexibility index (Phi) is 8.98. The summed E-state index contributed by atoms with van der Waals surface area (Å²) in [6, 6.07) is 8.45. The van der Waals surface area contributed by atoms with Gasteiger partial charge in [0.05, 0.1) is 30.9 Å². The fourth-order valence-corrected chi connectivity index (χ4v) is 13.5. The molecule has 0 amide bonds. The van der Waals surface area contributed by atoms with E-state index in [4.69, 9.17) is 9.72 Å². The average molecular weight is 671 g/mol. The van der Waals surface area contributed by atoms with Crippen molar-refractivity contribution in [1.29, 1.82) is 0 Å². The first-order valence-corrected chi connectivity index (χ1v) is 19.9. The van der Waals surface area contributed by atoms with Gasteiger partial charge in [0.15, 0.2) is 0 Å². The van der Waals surface area contributed by atoms with E-state index in [9.17, 15) is 15.3 Å². The van der Waals surface area contributed by atoms with Crippen LogP contribution in [0.2, 0.25) is 0 Å². The quantitative estimate of drug-likeness (QED) is 0.249. The first kappa shape index (κ1) is 34.1. The molecule has 4 aliphatic carbocycles. The van der Waals surface area contributed by atoms with Crippen molar-refractivity contribution < 1.29 is 20.1 Å². The van der Waals surface area contributed by atoms with Crippen LogP contribution in [0.5, 0.6) is 5.75 Å². The molecule has 3 aliphatic heterocycles. The molecule has 3 N–H and O–H groups in total. The van der Waals surface area contributed by atoms with Gasteiger partial charge in [-0.1, -0.05) is 26.8 Å². The molecule has 15 atom stereocenters. The highest BCUT2D eigenvalue weighted by molar-refractivity contribution is 5.84. The van der Waals surface area contributed by atoms with Gasteiger partial charge in [-0.3, -0.25) is 9.88 Å². The largest absolute Gasteiger partial charge is 0.497 e. The van der Waals surface area contributed by atoms with Crippen molar-refractivity contribution in [2.75, 3.05) is 20.2 Å². The van der Waals surface area contributed by atoms with Gasteiger partial charge >= 0.3 is 0 Å². The molecule has 6 nitrogen and oxygen atoms in total. The van der Waals surface area contributed by atoms with Crippen LogP contribution in [-0.2, 0) is 6.42 Å². The minimum atomic E-state index is -0.567. The van der Waals surface area contributed by atoms with Crippen molar-refractivity contribution in [3.8, 4) is 5.75 Å². The van der Waals surface area contributed by atoms with Gasteiger partial charge in [-0.05, 0) is 172 Å². The van der Waals surface area contributed by atoms with Crippen molar-refractivity contribution in [1.82, 2.24) is 9.88 Å². The van der Waals surface area contributed by atoms with Gasteiger partial charge in [-0.15, -0.1) is 6.58 Å². The van der Waals surface area contributed by atoms with Crippen LogP contribution < -0.4 is 4.74 Å². The second kappa shape index (κ2) is 12.9. The molecule has 0 spiro atoms. The zero-order chi connectivity index (χ0) is 34.2. The van der Waals surface area contributed by atoms with Crippen LogP contribution in [0.4, 0.5) is 0 Å². The molecule has 2 aromatic rings. The summed E-state index contributed by atoms with van der Waals surface area (Å²) >= 11 is 0. The molecule has 0 radical (unpaired) electrons. The number of methoxy groups -OCH3 is 1. The maximum Gasteiger partial charge on any atom is 0.119 e. The molecule has 2 bridgehead atoms. The third kappa shape index (κ3) is 5.61. The Hall–Kier alpha value is -1.99. The Morgan fingerprint density at radius 1 is 1.02 bits per heavy atom. The summed E-state index contributed by atoms with van der Waals surface area (Å²) in [6.45, 7) is 13.7. The summed E-state index contributed by atoms with van der Waals surface area (Å²) in [7, 11) is 1.70. The third-order valence-electron chi connectivity index (χ3n) is 16.2. The van der Waals surface area contributed by atoms with Crippen LogP contribution in [0, 0.1) is 58.2 Å². The van der Waals surface area contributed by atoms with Crippen molar-refractivity contribution in [3.05, 3.63) is 48.2 Å². The van der Waals surface area contributed by atoms with Crippen LogP contribution >= 0.6 is 0 Å². The minimum Gasteiger partial charge on any atom is -0.497 e. The van der Waals surface area contributed by atoms with Crippen molar-refractivity contribution in [2.24, 2.45) is 58.2 Å². The van der Waals surface area contributed by atoms with E-state index in [1.54, 1.807) is 7.11 Å². The number of aliphatic hydroxyl groups excluding tert-OH is 3. The zero-order valence-electron chi connectivity index (χ0n) is 30.6. The number of hydrogen-bond acceptors (Lipinski definition) is 6. The van der Waals surface area contributed by atoms with Crippen LogP contribution in [0.3, 0.4) is 0 Å². The average Bonchev–Trinajstić information content (AvgIpc) is 3.47. The molecule has 268 valence electrons. The van der Waals surface area contributed by atoms with E-state index in [-0.39, 0.29) is 29.1 Å². The molecule has 7 fully saturated rings. The molecule has 6 heteroatoms. The van der Waals surface area contributed by atoms with E-state index in [0.717, 1.165) is 85.9 Å². The standard InChI is InChI=1S/C43H62N2O4/c1-6-26-24-45-18-15-27(26)19-38(45)41(48)33-22-29(44-37-12-9-31(49-5)23-32(33)37)8-7-25(2)34-10-11-35-40-36(14-17-43(34,35)4)42(3)16-13-30(46)20-28(42)21-39(40)47/h6,9,12,22-23,25-28,30,34-36,38-41,46-48H,1,7-8,10-11,13-21,24H2,2-5H3/t25-,26+,27+,28+,30-,34-,35+,36+,38+,39-,40+,41-,42+,43-/m1/s1. The summed E-state index contributed by atoms with van der Waals surface area (Å²) < 4.78 is 5.62. The number of aryl methyl sites for hydroxylation is 1. The minimum absolute atomic E-state index is 0.121. The monoisotopic (exact) mass is 670 g/mol. The molecule has 1 aromatic heterocycles. The Bertz CT molecular complexity index is 1550. The normalized spacial score (nSPS) is 44.1. The maximum atomic E-state index is 12.1. The predicted molar refractivity (Wildman–Crippen MR) is 195 cm³/mol. The fourth-order valence-electron chi connectivity index (χ4n) is 13.5. The molecular formula is C43H62N2O4. The second-order valence-corrected chi connectivity index (χ2v) is 18.2. The lowest BCUT2D eigenvalue weighted by atomic mass is 9.43. The van der Waals surface area contributed by atoms with E-state index >= 15 is 0 Å². The van der Waals surface area contributed by atoms with Gasteiger partial charge in [0.2, 0.25) is 0 Å². The van der Waals surface area contributed by atoms with Gasteiger partial charge in [0.25, 0.3) is 0 Å². The number of ether oxygens (including phenoxy) is 1. The lowest BCUT2D eigenvalue weighted by molar-refractivity contribution is -0.174. The van der Waals surface area contributed by atoms with E-state index < -0.39 is 6.10 Å². The van der Waals surface area contributed by atoms with Crippen molar-refractivity contribution in [2.45, 2.75) is 122 Å². The van der Waals surface area contributed by atoms with Crippen LogP contribution in [0.25, 0.3) is 10.9 Å². The molecule has 9 rings (SSSR count). The highest BCUT2D eigenvalue weighted by Gasteiger charge is 2.62. The zero-order valence-corrected chi connectivity index (χ0v) is 30.6. The van der Waals surface area contributed by atoms with E-state index in [2.05, 4.69) is 56.5 Å². The van der Waals surface area contributed by atoms with Crippen LogP contribution in [0.15, 0.2) is 36.9 Å². The summed E-state index contributed by atoms with van der Waals surface area (Å²) in [5, 5.41) is 35.3. The molecule has 4 saturated carbocycles. The maximum absolute atomic E-state index is 12.1. The number of aromatic nitrogens is 1. The Balaban J connectivity index is 1.01. The summed E-state index contributed by atoms with van der Waals surface area (Å²) in [5.41, 5.74) is 3.57. The highest BCUT2D eigenvalue weighted by Crippen LogP contribution is 2.68. The number of piperidine rings is 3. The lowest BCUT2D eigenvalue weighted by Crippen LogP contribution is -2.58. The van der Waals surface area contributed by atoms with Crippen molar-refractivity contribution >= 4 is 10.9 Å². The first-order valence-electron chi connectivity index (χ1n) is 19.9. The van der Waals surface area contributed by atoms with Gasteiger partial charge < -0.3 is 20.1 Å². The smallest absolute Gasteiger partial charge is 0.119 e. The molecule has 7 aliphatic rings. The Morgan fingerprint density at radius 2 is 1.82 bits per heavy atom. The van der Waals surface area contributed by atoms with E-state index in [0.29, 0.717) is 47.3 Å². The first-order chi connectivity index (χ1) is 23.5. The molecule has 1 aromatic carbocycles. The highest BCUT2D eigenvalue weighted by atomic mass is 16.5. The number of hydrogen-bond donors (Lipinski definition) is 3. The molecule has 49 heavy (non-hydrogen) atoms. The van der Waals surface area contributed by atoms with Crippen LogP contribution in [-0.4, -0.2) is 63.7 Å². The van der Waals surface area contributed by atoms with Gasteiger partial charge in [0.1, 0.15) is 5.75 Å². The number of aliphatic hydroxyl groups is 3. The van der Waals surface area contributed by atoms with E-state index in [1.165, 1.54) is 32.1 Å². The number of benzene rings is 1. The summed E-state index contributed by atoms with van der Waals surface area (Å²) in [5.74, 6) is 5.20. The molecule has 4 heterocycles. The van der Waals surface area contributed by atoms with Gasteiger partial charge in [0, 0.05) is 23.7 Å². The van der Waals surface area contributed by atoms with Gasteiger partial charge in [-0.25, -0.2) is 0 Å².